The quantitative estimate of drug-likeness (QED) is 0.732. The first-order valence-electron chi connectivity index (χ1n) is 3.89. The molecule has 4 nitrogen and oxygen atoms in total. The van der Waals surface area contributed by atoms with Crippen molar-refractivity contribution in [3.8, 4) is 0 Å². The van der Waals surface area contributed by atoms with Crippen molar-refractivity contribution >= 4 is 35.5 Å². The lowest BCUT2D eigenvalue weighted by molar-refractivity contribution is -0.137. The lowest BCUT2D eigenvalue weighted by Crippen LogP contribution is -2.26. The number of thioether (sulfide) groups is 2. The first-order chi connectivity index (χ1) is 6.33. The third-order valence-corrected chi connectivity index (χ3v) is 4.38. The lowest BCUT2D eigenvalue weighted by Gasteiger charge is -2.18. The van der Waals surface area contributed by atoms with Gasteiger partial charge in [-0.1, -0.05) is 6.92 Å². The normalized spacial score (nSPS) is 10.0. The first kappa shape index (κ1) is 16.1. The topological polar surface area (TPSA) is 74.6 Å². The fourth-order valence-electron chi connectivity index (χ4n) is 0.258. The molecule has 0 aromatic rings. The molecule has 0 saturated carbocycles. The summed E-state index contributed by atoms with van der Waals surface area (Å²) in [6, 6.07) is 0. The van der Waals surface area contributed by atoms with Gasteiger partial charge in [-0.2, -0.15) is 0 Å². The molecular weight excluding hydrogens is 224 g/mol. The number of carboxylic acids is 2. The van der Waals surface area contributed by atoms with Crippen molar-refractivity contribution in [1.82, 2.24) is 0 Å². The van der Waals surface area contributed by atoms with Gasteiger partial charge in [-0.25, -0.2) is 4.79 Å². The van der Waals surface area contributed by atoms with E-state index in [4.69, 9.17) is 10.2 Å². The van der Waals surface area contributed by atoms with Gasteiger partial charge >= 0.3 is 11.9 Å². The van der Waals surface area contributed by atoms with Crippen LogP contribution in [0, 0.1) is 0 Å². The number of hydrogen-bond donors (Lipinski definition) is 2. The summed E-state index contributed by atoms with van der Waals surface area (Å²) in [5.41, 5.74) is 0. The van der Waals surface area contributed by atoms with Gasteiger partial charge in [-0.3, -0.25) is 4.79 Å². The minimum absolute atomic E-state index is 0.222. The van der Waals surface area contributed by atoms with E-state index in [0.717, 1.165) is 0 Å². The van der Waals surface area contributed by atoms with Crippen LogP contribution in [0.1, 0.15) is 20.3 Å². The smallest absolute Gasteiger partial charge is 0.329 e. The van der Waals surface area contributed by atoms with E-state index in [1.54, 1.807) is 26.4 Å². The van der Waals surface area contributed by atoms with E-state index in [1.165, 1.54) is 23.5 Å². The zero-order valence-corrected chi connectivity index (χ0v) is 10.4. The number of carboxylic acid groups (broad SMARTS) is 2. The monoisotopic (exact) mass is 240 g/mol. The van der Waals surface area contributed by atoms with Crippen molar-refractivity contribution in [1.29, 1.82) is 0 Å². The SMILES string of the molecule is CCC(=O)O.CSC(C)(SC)C(=O)O. The van der Waals surface area contributed by atoms with Crippen molar-refractivity contribution < 1.29 is 19.8 Å². The van der Waals surface area contributed by atoms with Crippen LogP contribution in [0.4, 0.5) is 0 Å². The molecule has 0 radical (unpaired) electrons. The average Bonchev–Trinajstić information content (AvgIpc) is 2.17. The predicted molar refractivity (Wildman–Crippen MR) is 61.0 cm³/mol. The van der Waals surface area contributed by atoms with Crippen LogP contribution in [0.2, 0.25) is 0 Å². The zero-order chi connectivity index (χ0) is 11.8. The maximum Gasteiger partial charge on any atom is 0.329 e. The molecule has 0 aromatic carbocycles. The van der Waals surface area contributed by atoms with Gasteiger partial charge in [-0.05, 0) is 19.4 Å². The van der Waals surface area contributed by atoms with Crippen molar-refractivity contribution in [3.63, 3.8) is 0 Å². The number of carbonyl (C=O) groups is 2. The van der Waals surface area contributed by atoms with E-state index in [2.05, 4.69) is 0 Å². The Bertz CT molecular complexity index is 190. The summed E-state index contributed by atoms with van der Waals surface area (Å²) in [6.07, 6.45) is 3.81. The first-order valence-corrected chi connectivity index (χ1v) is 6.34. The van der Waals surface area contributed by atoms with Gasteiger partial charge in [0.1, 0.15) is 0 Å². The molecule has 0 aliphatic rings. The minimum atomic E-state index is -0.762. The van der Waals surface area contributed by atoms with E-state index in [-0.39, 0.29) is 6.42 Å². The molecule has 0 fully saturated rings. The Labute approximate surface area is 92.5 Å². The fraction of sp³-hybridized carbons (Fsp3) is 0.750. The Morgan fingerprint density at radius 2 is 1.50 bits per heavy atom. The molecule has 0 heterocycles. The van der Waals surface area contributed by atoms with E-state index >= 15 is 0 Å². The molecule has 0 aliphatic heterocycles. The van der Waals surface area contributed by atoms with Crippen LogP contribution in [0.15, 0.2) is 0 Å². The predicted octanol–water partition coefficient (Wildman–Crippen LogP) is 1.99. The van der Waals surface area contributed by atoms with Crippen molar-refractivity contribution in [2.45, 2.75) is 24.3 Å². The molecule has 14 heavy (non-hydrogen) atoms. The Morgan fingerprint density at radius 1 is 1.21 bits per heavy atom. The summed E-state index contributed by atoms with van der Waals surface area (Å²) < 4.78 is -0.667. The van der Waals surface area contributed by atoms with Crippen LogP contribution in [-0.4, -0.2) is 38.7 Å². The summed E-state index contributed by atoms with van der Waals surface area (Å²) in [6.45, 7) is 3.30. The number of rotatable bonds is 4. The highest BCUT2D eigenvalue weighted by Gasteiger charge is 2.30. The molecule has 84 valence electrons. The summed E-state index contributed by atoms with van der Waals surface area (Å²) in [5, 5.41) is 16.3. The van der Waals surface area contributed by atoms with Crippen molar-refractivity contribution in [2.75, 3.05) is 12.5 Å². The Morgan fingerprint density at radius 3 is 1.50 bits per heavy atom. The van der Waals surface area contributed by atoms with E-state index in [1.807, 2.05) is 0 Å². The minimum Gasteiger partial charge on any atom is -0.481 e. The molecule has 0 rings (SSSR count). The second-order valence-corrected chi connectivity index (χ2v) is 5.11. The highest BCUT2D eigenvalue weighted by Crippen LogP contribution is 2.32. The fourth-order valence-corrected chi connectivity index (χ4v) is 1.27. The molecular formula is C8H16O4S2. The van der Waals surface area contributed by atoms with Gasteiger partial charge < -0.3 is 10.2 Å². The van der Waals surface area contributed by atoms with Gasteiger partial charge in [0.15, 0.2) is 4.08 Å². The molecule has 2 N–H and O–H groups in total. The average molecular weight is 240 g/mol. The van der Waals surface area contributed by atoms with E-state index in [0.29, 0.717) is 0 Å². The highest BCUT2D eigenvalue weighted by molar-refractivity contribution is 8.18. The van der Waals surface area contributed by atoms with Crippen molar-refractivity contribution in [2.24, 2.45) is 0 Å². The molecule has 0 unspecified atom stereocenters. The van der Waals surface area contributed by atoms with Crippen LogP contribution in [-0.2, 0) is 9.59 Å². The van der Waals surface area contributed by atoms with Gasteiger partial charge in [0.25, 0.3) is 0 Å². The van der Waals surface area contributed by atoms with Crippen LogP contribution >= 0.6 is 23.5 Å². The maximum absolute atomic E-state index is 10.4. The van der Waals surface area contributed by atoms with Gasteiger partial charge in [0.2, 0.25) is 0 Å². The van der Waals surface area contributed by atoms with Gasteiger partial charge in [0.05, 0.1) is 0 Å². The van der Waals surface area contributed by atoms with Crippen LogP contribution in [0.5, 0.6) is 0 Å². The molecule has 6 heteroatoms. The molecule has 0 bridgehead atoms. The number of hydrogen-bond acceptors (Lipinski definition) is 4. The summed E-state index contributed by atoms with van der Waals surface area (Å²) in [5.74, 6) is -1.51. The lowest BCUT2D eigenvalue weighted by atomic mass is 10.5. The number of aliphatic carboxylic acids is 2. The zero-order valence-electron chi connectivity index (χ0n) is 8.73. The molecule has 0 saturated heterocycles. The third kappa shape index (κ3) is 7.08. The molecule has 0 spiro atoms. The van der Waals surface area contributed by atoms with E-state index in [9.17, 15) is 9.59 Å². The van der Waals surface area contributed by atoms with Crippen LogP contribution in [0.3, 0.4) is 0 Å². The third-order valence-electron chi connectivity index (χ3n) is 1.47. The Balaban J connectivity index is 0. The molecule has 0 aromatic heterocycles. The Hall–Kier alpha value is -0.360. The second-order valence-electron chi connectivity index (χ2n) is 2.41. The van der Waals surface area contributed by atoms with Gasteiger partial charge in [-0.15, -0.1) is 23.5 Å². The van der Waals surface area contributed by atoms with Crippen LogP contribution in [0.25, 0.3) is 0 Å². The molecule has 0 amide bonds. The maximum atomic E-state index is 10.4. The highest BCUT2D eigenvalue weighted by atomic mass is 32.2. The van der Waals surface area contributed by atoms with Crippen LogP contribution < -0.4 is 0 Å². The molecule has 0 atom stereocenters. The van der Waals surface area contributed by atoms with Gasteiger partial charge in [0, 0.05) is 6.42 Å². The molecule has 0 aliphatic carbocycles. The second kappa shape index (κ2) is 7.99. The standard InChI is InChI=1S/C5H10O2S2.C3H6O2/c1-5(8-2,9-3)4(6)7;1-2-3(4)5/h1-3H3,(H,6,7);2H2,1H3,(H,4,5). The van der Waals surface area contributed by atoms with E-state index < -0.39 is 16.0 Å². The largest absolute Gasteiger partial charge is 0.481 e. The van der Waals surface area contributed by atoms with Crippen molar-refractivity contribution in [3.05, 3.63) is 0 Å². The summed E-state index contributed by atoms with van der Waals surface area (Å²) in [7, 11) is 0. The Kier molecular flexibility index (Phi) is 9.18. The summed E-state index contributed by atoms with van der Waals surface area (Å²) in [4.78, 5) is 19.8. The summed E-state index contributed by atoms with van der Waals surface area (Å²) >= 11 is 2.69.